The van der Waals surface area contributed by atoms with Crippen LogP contribution in [0.5, 0.6) is 0 Å². The SMILES string of the molecule is Cc1ccc(C)c(C(CO)NC2CCCCCC2)c1. The monoisotopic (exact) mass is 261 g/mol. The molecule has 0 spiro atoms. The fourth-order valence-corrected chi connectivity index (χ4v) is 3.11. The summed E-state index contributed by atoms with van der Waals surface area (Å²) in [6, 6.07) is 7.16. The number of aliphatic hydroxyl groups is 1. The Labute approximate surface area is 117 Å². The third-order valence-corrected chi connectivity index (χ3v) is 4.28. The normalized spacial score (nSPS) is 19.1. The molecule has 19 heavy (non-hydrogen) atoms. The molecule has 1 saturated carbocycles. The van der Waals surface area contributed by atoms with Gasteiger partial charge in [0.1, 0.15) is 0 Å². The first kappa shape index (κ1) is 14.5. The number of rotatable bonds is 4. The number of aliphatic hydroxyl groups excluding tert-OH is 1. The third kappa shape index (κ3) is 4.05. The minimum atomic E-state index is 0.0861. The van der Waals surface area contributed by atoms with Crippen LogP contribution >= 0.6 is 0 Å². The Hall–Kier alpha value is -0.860. The first-order valence-corrected chi connectivity index (χ1v) is 7.65. The Morgan fingerprint density at radius 3 is 2.47 bits per heavy atom. The highest BCUT2D eigenvalue weighted by atomic mass is 16.3. The van der Waals surface area contributed by atoms with Crippen LogP contribution in [0.15, 0.2) is 18.2 Å². The van der Waals surface area contributed by atoms with Crippen molar-refractivity contribution < 1.29 is 5.11 Å². The topological polar surface area (TPSA) is 32.3 Å². The predicted octanol–water partition coefficient (Wildman–Crippen LogP) is 3.65. The fourth-order valence-electron chi connectivity index (χ4n) is 3.11. The summed E-state index contributed by atoms with van der Waals surface area (Å²) < 4.78 is 0. The van der Waals surface area contributed by atoms with Crippen molar-refractivity contribution in [1.29, 1.82) is 0 Å². The molecule has 1 unspecified atom stereocenters. The lowest BCUT2D eigenvalue weighted by Gasteiger charge is -2.25. The van der Waals surface area contributed by atoms with Gasteiger partial charge in [0.05, 0.1) is 12.6 Å². The largest absolute Gasteiger partial charge is 0.394 e. The lowest BCUT2D eigenvalue weighted by atomic mass is 9.97. The van der Waals surface area contributed by atoms with Crippen molar-refractivity contribution in [2.24, 2.45) is 0 Å². The molecule has 1 aromatic carbocycles. The molecule has 1 fully saturated rings. The Kier molecular flexibility index (Phi) is 5.41. The molecule has 0 saturated heterocycles. The minimum Gasteiger partial charge on any atom is -0.394 e. The maximum Gasteiger partial charge on any atom is 0.0626 e. The van der Waals surface area contributed by atoms with Gasteiger partial charge in [0.2, 0.25) is 0 Å². The Morgan fingerprint density at radius 1 is 1.16 bits per heavy atom. The van der Waals surface area contributed by atoms with Crippen LogP contribution in [0.4, 0.5) is 0 Å². The molecule has 1 aliphatic rings. The summed E-state index contributed by atoms with van der Waals surface area (Å²) in [6.07, 6.45) is 7.88. The summed E-state index contributed by atoms with van der Waals surface area (Å²) in [5, 5.41) is 13.4. The number of hydrogen-bond donors (Lipinski definition) is 2. The van der Waals surface area contributed by atoms with Crippen molar-refractivity contribution in [2.75, 3.05) is 6.61 Å². The number of aryl methyl sites for hydroxylation is 2. The molecule has 1 aliphatic carbocycles. The second-order valence-electron chi connectivity index (χ2n) is 5.95. The van der Waals surface area contributed by atoms with E-state index in [-0.39, 0.29) is 12.6 Å². The van der Waals surface area contributed by atoms with Gasteiger partial charge < -0.3 is 10.4 Å². The van der Waals surface area contributed by atoms with Crippen molar-refractivity contribution in [1.82, 2.24) is 5.32 Å². The summed E-state index contributed by atoms with van der Waals surface area (Å²) in [7, 11) is 0. The highest BCUT2D eigenvalue weighted by Gasteiger charge is 2.19. The average molecular weight is 261 g/mol. The molecular formula is C17H27NO. The van der Waals surface area contributed by atoms with Gasteiger partial charge in [-0.2, -0.15) is 0 Å². The summed E-state index contributed by atoms with van der Waals surface area (Å²) in [5.74, 6) is 0. The predicted molar refractivity (Wildman–Crippen MR) is 80.4 cm³/mol. The van der Waals surface area contributed by atoms with Gasteiger partial charge in [0.25, 0.3) is 0 Å². The van der Waals surface area contributed by atoms with E-state index in [1.54, 1.807) is 0 Å². The van der Waals surface area contributed by atoms with Crippen molar-refractivity contribution in [3.63, 3.8) is 0 Å². The molecule has 1 atom stereocenters. The van der Waals surface area contributed by atoms with Gasteiger partial charge in [-0.3, -0.25) is 0 Å². The minimum absolute atomic E-state index is 0.0861. The smallest absolute Gasteiger partial charge is 0.0626 e. The van der Waals surface area contributed by atoms with Crippen LogP contribution in [0, 0.1) is 13.8 Å². The van der Waals surface area contributed by atoms with Crippen molar-refractivity contribution >= 4 is 0 Å². The summed E-state index contributed by atoms with van der Waals surface area (Å²) >= 11 is 0. The molecule has 0 bridgehead atoms. The van der Waals surface area contributed by atoms with Gasteiger partial charge >= 0.3 is 0 Å². The lowest BCUT2D eigenvalue weighted by Crippen LogP contribution is -2.34. The van der Waals surface area contributed by atoms with Gasteiger partial charge in [-0.05, 0) is 37.8 Å². The van der Waals surface area contributed by atoms with Gasteiger partial charge in [-0.1, -0.05) is 49.4 Å². The molecule has 2 rings (SSSR count). The maximum atomic E-state index is 9.73. The van der Waals surface area contributed by atoms with Gasteiger partial charge in [-0.25, -0.2) is 0 Å². The van der Waals surface area contributed by atoms with E-state index in [1.165, 1.54) is 55.2 Å². The van der Waals surface area contributed by atoms with E-state index in [9.17, 15) is 5.11 Å². The van der Waals surface area contributed by atoms with E-state index in [0.717, 1.165) is 0 Å². The van der Waals surface area contributed by atoms with Crippen LogP contribution in [0.3, 0.4) is 0 Å². The first-order valence-electron chi connectivity index (χ1n) is 7.65. The number of nitrogens with one attached hydrogen (secondary N) is 1. The Bertz CT molecular complexity index is 394. The molecular weight excluding hydrogens is 234 g/mol. The molecule has 2 N–H and O–H groups in total. The molecule has 0 heterocycles. The van der Waals surface area contributed by atoms with Gasteiger partial charge in [0.15, 0.2) is 0 Å². The van der Waals surface area contributed by atoms with E-state index in [1.807, 2.05) is 0 Å². The quantitative estimate of drug-likeness (QED) is 0.811. The standard InChI is InChI=1S/C17H27NO/c1-13-9-10-14(2)16(11-13)17(12-19)18-15-7-5-3-4-6-8-15/h9-11,15,17-19H,3-8,12H2,1-2H3. The fraction of sp³-hybridized carbons (Fsp3) is 0.647. The third-order valence-electron chi connectivity index (χ3n) is 4.28. The summed E-state index contributed by atoms with van der Waals surface area (Å²) in [5.41, 5.74) is 3.79. The molecule has 0 amide bonds. The molecule has 0 radical (unpaired) electrons. The van der Waals surface area contributed by atoms with E-state index in [2.05, 4.69) is 37.4 Å². The molecule has 2 heteroatoms. The molecule has 0 aliphatic heterocycles. The van der Waals surface area contributed by atoms with Gasteiger partial charge in [0, 0.05) is 6.04 Å². The average Bonchev–Trinajstić information content (AvgIpc) is 2.67. The highest BCUT2D eigenvalue weighted by Crippen LogP contribution is 2.23. The molecule has 2 nitrogen and oxygen atoms in total. The first-order chi connectivity index (χ1) is 9.20. The second kappa shape index (κ2) is 7.06. The van der Waals surface area contributed by atoms with E-state index in [0.29, 0.717) is 6.04 Å². The zero-order valence-electron chi connectivity index (χ0n) is 12.3. The van der Waals surface area contributed by atoms with Crippen LogP contribution < -0.4 is 5.32 Å². The maximum absolute atomic E-state index is 9.73. The van der Waals surface area contributed by atoms with Crippen LogP contribution in [0.25, 0.3) is 0 Å². The van der Waals surface area contributed by atoms with Crippen LogP contribution in [0.2, 0.25) is 0 Å². The zero-order chi connectivity index (χ0) is 13.7. The Balaban J connectivity index is 2.08. The molecule has 106 valence electrons. The van der Waals surface area contributed by atoms with E-state index >= 15 is 0 Å². The Morgan fingerprint density at radius 2 is 1.84 bits per heavy atom. The van der Waals surface area contributed by atoms with Crippen molar-refractivity contribution in [3.05, 3.63) is 34.9 Å². The van der Waals surface area contributed by atoms with Crippen LogP contribution in [0.1, 0.15) is 61.3 Å². The van der Waals surface area contributed by atoms with Gasteiger partial charge in [-0.15, -0.1) is 0 Å². The number of hydrogen-bond acceptors (Lipinski definition) is 2. The van der Waals surface area contributed by atoms with Crippen LogP contribution in [-0.4, -0.2) is 17.8 Å². The van der Waals surface area contributed by atoms with Crippen molar-refractivity contribution in [3.8, 4) is 0 Å². The molecule has 0 aromatic heterocycles. The van der Waals surface area contributed by atoms with Crippen LogP contribution in [-0.2, 0) is 0 Å². The van der Waals surface area contributed by atoms with E-state index < -0.39 is 0 Å². The number of benzene rings is 1. The second-order valence-corrected chi connectivity index (χ2v) is 5.95. The lowest BCUT2D eigenvalue weighted by molar-refractivity contribution is 0.228. The summed E-state index contributed by atoms with van der Waals surface area (Å²) in [6.45, 7) is 4.43. The van der Waals surface area contributed by atoms with Crippen molar-refractivity contribution in [2.45, 2.75) is 64.5 Å². The van der Waals surface area contributed by atoms with E-state index in [4.69, 9.17) is 0 Å². The highest BCUT2D eigenvalue weighted by molar-refractivity contribution is 5.33. The molecule has 1 aromatic rings. The zero-order valence-corrected chi connectivity index (χ0v) is 12.3. The summed E-state index contributed by atoms with van der Waals surface area (Å²) in [4.78, 5) is 0.